The van der Waals surface area contributed by atoms with Crippen LogP contribution in [0.5, 0.6) is 0 Å². The van der Waals surface area contributed by atoms with Gasteiger partial charge in [-0.15, -0.1) is 0 Å². The first-order valence-electron chi connectivity index (χ1n) is 5.49. The van der Waals surface area contributed by atoms with Crippen LogP contribution >= 0.6 is 0 Å². The first-order valence-corrected chi connectivity index (χ1v) is 6.93. The molecule has 0 radical (unpaired) electrons. The van der Waals surface area contributed by atoms with E-state index in [4.69, 9.17) is 4.55 Å². The summed E-state index contributed by atoms with van der Waals surface area (Å²) in [6.07, 6.45) is 1.65. The molecule has 0 bridgehead atoms. The molecule has 0 atom stereocenters. The van der Waals surface area contributed by atoms with Crippen LogP contribution in [0.1, 0.15) is 0 Å². The lowest BCUT2D eigenvalue weighted by atomic mass is 10.1. The Labute approximate surface area is 108 Å². The van der Waals surface area contributed by atoms with Crippen LogP contribution in [-0.4, -0.2) is 18.0 Å². The van der Waals surface area contributed by atoms with E-state index in [1.54, 1.807) is 18.3 Å². The summed E-state index contributed by atoms with van der Waals surface area (Å²) < 4.78 is 31.4. The average molecular weight is 275 g/mol. The largest absolute Gasteiger partial charge is 0.361 e. The Morgan fingerprint density at radius 3 is 2.42 bits per heavy atom. The first-order chi connectivity index (χ1) is 8.98. The molecule has 0 aliphatic carbocycles. The topological polar surface area (TPSA) is 87.2 Å². The number of H-pyrrole nitrogens is 1. The molecule has 0 amide bonds. The highest BCUT2D eigenvalue weighted by atomic mass is 32.2. The summed E-state index contributed by atoms with van der Waals surface area (Å²) in [5.41, 5.74) is -0.149. The summed E-state index contributed by atoms with van der Waals surface area (Å²) >= 11 is 0. The molecule has 0 aliphatic heterocycles. The van der Waals surface area contributed by atoms with Gasteiger partial charge in [-0.25, -0.2) is 0 Å². The fourth-order valence-electron chi connectivity index (χ4n) is 2.16. The number of aromatic nitrogens is 1. The zero-order valence-electron chi connectivity index (χ0n) is 9.62. The Hall–Kier alpha value is -2.18. The second-order valence-electron chi connectivity index (χ2n) is 4.17. The number of pyridine rings is 1. The van der Waals surface area contributed by atoms with Crippen molar-refractivity contribution >= 4 is 31.8 Å². The SMILES string of the molecule is O=c1c(S(=O)(=O)O)ccc2ccc3ccc[nH]c3c12. The Bertz CT molecular complexity index is 957. The summed E-state index contributed by atoms with van der Waals surface area (Å²) in [4.78, 5) is 14.6. The molecule has 5 nitrogen and oxygen atoms in total. The lowest BCUT2D eigenvalue weighted by Crippen LogP contribution is -2.14. The first kappa shape index (κ1) is 11.9. The van der Waals surface area contributed by atoms with Crippen LogP contribution in [0.15, 0.2) is 52.3 Å². The molecule has 6 heteroatoms. The fourth-order valence-corrected chi connectivity index (χ4v) is 2.74. The van der Waals surface area contributed by atoms with Crippen molar-refractivity contribution in [1.82, 2.24) is 4.98 Å². The van der Waals surface area contributed by atoms with Gasteiger partial charge in [-0.05, 0) is 22.9 Å². The van der Waals surface area contributed by atoms with Gasteiger partial charge in [0, 0.05) is 6.20 Å². The van der Waals surface area contributed by atoms with Gasteiger partial charge in [-0.3, -0.25) is 9.35 Å². The number of hydrogen-bond acceptors (Lipinski definition) is 3. The highest BCUT2D eigenvalue weighted by Crippen LogP contribution is 2.22. The van der Waals surface area contributed by atoms with E-state index in [-0.39, 0.29) is 5.39 Å². The van der Waals surface area contributed by atoms with Crippen LogP contribution in [0.25, 0.3) is 21.7 Å². The molecule has 0 aliphatic rings. The van der Waals surface area contributed by atoms with E-state index in [0.29, 0.717) is 10.9 Å². The zero-order valence-corrected chi connectivity index (χ0v) is 10.4. The number of benzene rings is 2. The number of rotatable bonds is 1. The van der Waals surface area contributed by atoms with Crippen molar-refractivity contribution in [3.8, 4) is 0 Å². The van der Waals surface area contributed by atoms with Crippen molar-refractivity contribution in [3.63, 3.8) is 0 Å². The van der Waals surface area contributed by atoms with Crippen molar-refractivity contribution in [2.45, 2.75) is 4.90 Å². The minimum atomic E-state index is -4.52. The van der Waals surface area contributed by atoms with Gasteiger partial charge in [0.05, 0.1) is 10.9 Å². The van der Waals surface area contributed by atoms with Gasteiger partial charge >= 0.3 is 0 Å². The van der Waals surface area contributed by atoms with Crippen LogP contribution in [0.3, 0.4) is 0 Å². The molecule has 3 rings (SSSR count). The summed E-state index contributed by atoms with van der Waals surface area (Å²) in [6.45, 7) is 0. The highest BCUT2D eigenvalue weighted by Gasteiger charge is 2.17. The maximum absolute atomic E-state index is 12.2. The molecule has 0 fully saturated rings. The van der Waals surface area contributed by atoms with Crippen molar-refractivity contribution in [2.75, 3.05) is 0 Å². The highest BCUT2D eigenvalue weighted by molar-refractivity contribution is 7.85. The molecule has 1 aromatic heterocycles. The van der Waals surface area contributed by atoms with Gasteiger partial charge in [-0.1, -0.05) is 24.3 Å². The number of nitrogens with one attached hydrogen (secondary N) is 1. The van der Waals surface area contributed by atoms with E-state index in [1.165, 1.54) is 6.07 Å². The summed E-state index contributed by atoms with van der Waals surface area (Å²) in [5.74, 6) is 0. The van der Waals surface area contributed by atoms with Crippen LogP contribution in [0.4, 0.5) is 0 Å². The van der Waals surface area contributed by atoms with Crippen molar-refractivity contribution < 1.29 is 13.0 Å². The normalized spacial score (nSPS) is 12.1. The van der Waals surface area contributed by atoms with E-state index in [0.717, 1.165) is 11.5 Å². The zero-order chi connectivity index (χ0) is 13.6. The molecule has 19 heavy (non-hydrogen) atoms. The molecule has 2 aromatic carbocycles. The minimum absolute atomic E-state index is 0.258. The summed E-state index contributed by atoms with van der Waals surface area (Å²) in [7, 11) is -4.52. The molecule has 0 saturated heterocycles. The molecule has 2 N–H and O–H groups in total. The lowest BCUT2D eigenvalue weighted by Gasteiger charge is -2.04. The quantitative estimate of drug-likeness (QED) is 0.524. The van der Waals surface area contributed by atoms with E-state index in [2.05, 4.69) is 4.98 Å². The van der Waals surface area contributed by atoms with Gasteiger partial charge in [0.2, 0.25) is 5.43 Å². The Morgan fingerprint density at radius 2 is 1.68 bits per heavy atom. The third-order valence-electron chi connectivity index (χ3n) is 3.01. The van der Waals surface area contributed by atoms with E-state index >= 15 is 0 Å². The average Bonchev–Trinajstić information content (AvgIpc) is 2.37. The molecule has 96 valence electrons. The predicted octanol–water partition coefficient (Wildman–Crippen LogP) is 1.93. The van der Waals surface area contributed by atoms with Crippen LogP contribution < -0.4 is 5.43 Å². The van der Waals surface area contributed by atoms with E-state index < -0.39 is 20.4 Å². The van der Waals surface area contributed by atoms with Crippen molar-refractivity contribution in [3.05, 3.63) is 52.8 Å². The molecule has 0 unspecified atom stereocenters. The Morgan fingerprint density at radius 1 is 1.00 bits per heavy atom. The smallest absolute Gasteiger partial charge is 0.298 e. The van der Waals surface area contributed by atoms with Crippen molar-refractivity contribution in [1.29, 1.82) is 0 Å². The van der Waals surface area contributed by atoms with Gasteiger partial charge < -0.3 is 4.98 Å². The second-order valence-corrected chi connectivity index (χ2v) is 5.56. The molecular weight excluding hydrogens is 266 g/mol. The molecule has 3 aromatic rings. The van der Waals surface area contributed by atoms with Crippen molar-refractivity contribution in [2.24, 2.45) is 0 Å². The maximum Gasteiger partial charge on any atom is 0.298 e. The van der Waals surface area contributed by atoms with Gasteiger partial charge in [0.15, 0.2) is 0 Å². The summed E-state index contributed by atoms with van der Waals surface area (Å²) in [5, 5.41) is 1.67. The minimum Gasteiger partial charge on any atom is -0.361 e. The van der Waals surface area contributed by atoms with Gasteiger partial charge in [0.1, 0.15) is 4.90 Å². The maximum atomic E-state index is 12.2. The predicted molar refractivity (Wildman–Crippen MR) is 71.9 cm³/mol. The standard InChI is InChI=1S/C13H9NO4S/c15-13-10(19(16,17)18)6-5-8-3-4-9-2-1-7-14-12(9)11(8)13/h1-7,14H,(H,16,17,18). The molecule has 0 spiro atoms. The van der Waals surface area contributed by atoms with Crippen LogP contribution in [-0.2, 0) is 10.1 Å². The second kappa shape index (κ2) is 3.91. The Balaban J connectivity index is 2.61. The van der Waals surface area contributed by atoms with E-state index in [9.17, 15) is 13.2 Å². The van der Waals surface area contributed by atoms with Gasteiger partial charge in [0.25, 0.3) is 10.1 Å². The third-order valence-corrected chi connectivity index (χ3v) is 3.89. The molecular formula is C13H9NO4S. The Kier molecular flexibility index (Phi) is 2.44. The van der Waals surface area contributed by atoms with Crippen LogP contribution in [0, 0.1) is 0 Å². The monoisotopic (exact) mass is 275 g/mol. The number of aromatic amines is 1. The van der Waals surface area contributed by atoms with Crippen LogP contribution in [0.2, 0.25) is 0 Å². The third kappa shape index (κ3) is 1.81. The molecule has 0 saturated carbocycles. The number of hydrogen-bond donors (Lipinski definition) is 2. The lowest BCUT2D eigenvalue weighted by molar-refractivity contribution is 0.482. The fraction of sp³-hybridized carbons (Fsp3) is 0. The number of fused-ring (bicyclic) bond motifs is 3. The van der Waals surface area contributed by atoms with E-state index in [1.807, 2.05) is 12.1 Å². The molecule has 1 heterocycles. The van der Waals surface area contributed by atoms with Gasteiger partial charge in [-0.2, -0.15) is 8.42 Å². The summed E-state index contributed by atoms with van der Waals surface area (Å²) in [6, 6.07) is 9.78.